The minimum absolute atomic E-state index is 0.0126. The summed E-state index contributed by atoms with van der Waals surface area (Å²) < 4.78 is 0. The van der Waals surface area contributed by atoms with E-state index in [4.69, 9.17) is 0 Å². The number of fused-ring (bicyclic) bond motifs is 1. The summed E-state index contributed by atoms with van der Waals surface area (Å²) in [7, 11) is 0. The van der Waals surface area contributed by atoms with Crippen molar-refractivity contribution in [2.45, 2.75) is 149 Å². The maximum Gasteiger partial charge on any atom is 0.289 e. The number of hydrogen-bond donors (Lipinski definition) is 4. The van der Waals surface area contributed by atoms with Gasteiger partial charge in [0.2, 0.25) is 23.5 Å². The number of nitrogens with zero attached hydrogens (tertiary/aromatic N) is 3. The molecule has 4 aliphatic rings. The lowest BCUT2D eigenvalue weighted by molar-refractivity contribution is -0.146. The molecule has 5 amide bonds. The lowest BCUT2D eigenvalue weighted by Crippen LogP contribution is -2.62. The van der Waals surface area contributed by atoms with Gasteiger partial charge in [-0.2, -0.15) is 0 Å². The molecule has 4 fully saturated rings. The van der Waals surface area contributed by atoms with Crippen molar-refractivity contribution in [3.63, 3.8) is 0 Å². The number of rotatable bonds is 13. The minimum atomic E-state index is -1.05. The van der Waals surface area contributed by atoms with Gasteiger partial charge < -0.3 is 26.2 Å². The fraction of sp³-hybridized carbons (Fsp3) is 0.737. The van der Waals surface area contributed by atoms with E-state index >= 15 is 0 Å². The van der Waals surface area contributed by atoms with E-state index in [1.165, 1.54) is 31.9 Å². The van der Waals surface area contributed by atoms with Gasteiger partial charge in [-0.25, -0.2) is 4.98 Å². The van der Waals surface area contributed by atoms with Crippen molar-refractivity contribution in [2.75, 3.05) is 6.54 Å². The normalized spacial score (nSPS) is 23.4. The van der Waals surface area contributed by atoms with Crippen molar-refractivity contribution >= 4 is 35.3 Å². The van der Waals surface area contributed by atoms with Gasteiger partial charge in [-0.3, -0.25) is 33.8 Å². The molecule has 2 heterocycles. The number of aromatic nitrogens is 2. The summed E-state index contributed by atoms with van der Waals surface area (Å²) in [6.45, 7) is 11.9. The van der Waals surface area contributed by atoms with E-state index < -0.39 is 59.0 Å². The van der Waals surface area contributed by atoms with E-state index in [0.717, 1.165) is 64.2 Å². The smallest absolute Gasteiger partial charge is 0.289 e. The summed E-state index contributed by atoms with van der Waals surface area (Å²) in [5, 5.41) is 11.3. The van der Waals surface area contributed by atoms with Gasteiger partial charge in [-0.05, 0) is 75.0 Å². The predicted molar refractivity (Wildman–Crippen MR) is 192 cm³/mol. The third-order valence-electron chi connectivity index (χ3n) is 11.0. The topological polar surface area (TPSA) is 180 Å². The van der Waals surface area contributed by atoms with Crippen molar-refractivity contribution in [3.8, 4) is 0 Å². The summed E-state index contributed by atoms with van der Waals surface area (Å²) >= 11 is 0. The molecule has 51 heavy (non-hydrogen) atoms. The Balaban J connectivity index is 0.00000188. The second-order valence-corrected chi connectivity index (χ2v) is 15.6. The van der Waals surface area contributed by atoms with Gasteiger partial charge in [-0.1, -0.05) is 66.7 Å². The Bertz CT molecular complexity index is 1390. The van der Waals surface area contributed by atoms with Gasteiger partial charge >= 0.3 is 0 Å². The average Bonchev–Trinajstić information content (AvgIpc) is 3.69. The summed E-state index contributed by atoms with van der Waals surface area (Å²) in [5.74, 6) is -3.29. The molecule has 13 heteroatoms. The van der Waals surface area contributed by atoms with Gasteiger partial charge in [0, 0.05) is 25.0 Å². The van der Waals surface area contributed by atoms with Crippen LogP contribution in [0.15, 0.2) is 18.6 Å². The largest absolute Gasteiger partial charge is 0.347 e. The summed E-state index contributed by atoms with van der Waals surface area (Å²) in [4.78, 5) is 90.7. The first-order valence-corrected chi connectivity index (χ1v) is 19.2. The van der Waals surface area contributed by atoms with Crippen LogP contribution in [0.1, 0.15) is 129 Å². The first kappa shape index (κ1) is 39.9. The zero-order valence-corrected chi connectivity index (χ0v) is 31.3. The molecular formula is C38H59N7O6. The van der Waals surface area contributed by atoms with Crippen LogP contribution in [-0.4, -0.2) is 86.9 Å². The van der Waals surface area contributed by atoms with E-state index in [9.17, 15) is 28.8 Å². The van der Waals surface area contributed by atoms with Crippen molar-refractivity contribution in [3.05, 3.63) is 24.3 Å². The molecule has 0 bridgehead atoms. The molecule has 3 aliphatic carbocycles. The SMILES string of the molecule is CCC.CCC(C)(C)C(NC(=O)[C@@H](NC(=O)c1cnccn1)C1CCCCC1)C(=O)N1C[C@@H]2CCC[C@@H]2[C@H]1C(=O)NC(C)C(=O)C(=O)NC1CC1. The van der Waals surface area contributed by atoms with Gasteiger partial charge in [0.15, 0.2) is 0 Å². The molecule has 5 rings (SSSR count). The molecule has 1 aliphatic heterocycles. The van der Waals surface area contributed by atoms with Crippen molar-refractivity contribution in [2.24, 2.45) is 23.2 Å². The van der Waals surface area contributed by atoms with Crippen LogP contribution >= 0.6 is 0 Å². The van der Waals surface area contributed by atoms with Crippen molar-refractivity contribution in [1.82, 2.24) is 36.1 Å². The van der Waals surface area contributed by atoms with Crippen LogP contribution in [0.2, 0.25) is 0 Å². The van der Waals surface area contributed by atoms with E-state index in [2.05, 4.69) is 45.1 Å². The Labute approximate surface area is 302 Å². The van der Waals surface area contributed by atoms with Gasteiger partial charge in [-0.15, -0.1) is 0 Å². The molecule has 3 saturated carbocycles. The highest BCUT2D eigenvalue weighted by atomic mass is 16.2. The molecule has 0 aromatic carbocycles. The van der Waals surface area contributed by atoms with Crippen LogP contribution in [0, 0.1) is 23.2 Å². The molecular weight excluding hydrogens is 650 g/mol. The third-order valence-corrected chi connectivity index (χ3v) is 11.0. The molecule has 2 unspecified atom stereocenters. The van der Waals surface area contributed by atoms with Gasteiger partial charge in [0.1, 0.15) is 23.8 Å². The van der Waals surface area contributed by atoms with Gasteiger partial charge in [0.05, 0.1) is 12.2 Å². The molecule has 6 atom stereocenters. The Kier molecular flexibility index (Phi) is 14.1. The first-order chi connectivity index (χ1) is 24.3. The van der Waals surface area contributed by atoms with Crippen LogP contribution in [0.5, 0.6) is 0 Å². The summed E-state index contributed by atoms with van der Waals surface area (Å²) in [6, 6.07) is -3.73. The van der Waals surface area contributed by atoms with Crippen molar-refractivity contribution < 1.29 is 28.8 Å². The Morgan fingerprint density at radius 1 is 0.882 bits per heavy atom. The molecule has 13 nitrogen and oxygen atoms in total. The lowest BCUT2D eigenvalue weighted by Gasteiger charge is -2.39. The highest BCUT2D eigenvalue weighted by molar-refractivity contribution is 6.38. The maximum atomic E-state index is 14.6. The fourth-order valence-electron chi connectivity index (χ4n) is 7.60. The van der Waals surface area contributed by atoms with E-state index in [1.807, 2.05) is 20.8 Å². The molecule has 1 saturated heterocycles. The maximum absolute atomic E-state index is 14.6. The molecule has 0 radical (unpaired) electrons. The number of amides is 5. The van der Waals surface area contributed by atoms with Crippen LogP contribution < -0.4 is 21.3 Å². The Morgan fingerprint density at radius 3 is 2.18 bits per heavy atom. The first-order valence-electron chi connectivity index (χ1n) is 19.2. The average molecular weight is 710 g/mol. The molecule has 282 valence electrons. The fourth-order valence-corrected chi connectivity index (χ4v) is 7.60. The van der Waals surface area contributed by atoms with Gasteiger partial charge in [0.25, 0.3) is 11.8 Å². The molecule has 1 aromatic rings. The highest BCUT2D eigenvalue weighted by Crippen LogP contribution is 2.43. The lowest BCUT2D eigenvalue weighted by atomic mass is 9.79. The number of carbonyl (C=O) groups excluding carboxylic acids is 6. The zero-order valence-electron chi connectivity index (χ0n) is 31.3. The summed E-state index contributed by atoms with van der Waals surface area (Å²) in [6.07, 6.45) is 14.8. The minimum Gasteiger partial charge on any atom is -0.347 e. The van der Waals surface area contributed by atoms with E-state index in [1.54, 1.807) is 4.90 Å². The number of likely N-dealkylation sites (tertiary alicyclic amines) is 1. The Hall–Kier alpha value is -3.90. The Morgan fingerprint density at radius 2 is 1.57 bits per heavy atom. The van der Waals surface area contributed by atoms with E-state index in [-0.39, 0.29) is 35.4 Å². The standard InChI is InChI=1S/C35H51N7O6.C3H8/c1-5-35(3,4)29(41-31(45)26(21-10-7-6-8-11-21)40-30(44)25-18-36-16-17-37-25)34(48)42-19-22-12-9-13-24(22)27(42)32(46)38-20(2)28(43)33(47)39-23-14-15-23;1-3-2/h16-18,20-24,26-27,29H,5-15,19H2,1-4H3,(H,38,46)(H,39,47)(H,40,44)(H,41,45);3H2,1-2H3/t20?,22-,24-,26-,27-,29?;/m0./s1. The zero-order chi connectivity index (χ0) is 37.3. The van der Waals surface area contributed by atoms with Crippen LogP contribution in [-0.2, 0) is 24.0 Å². The monoisotopic (exact) mass is 709 g/mol. The molecule has 4 N–H and O–H groups in total. The second kappa shape index (κ2) is 18.0. The quantitative estimate of drug-likeness (QED) is 0.225. The van der Waals surface area contributed by atoms with E-state index in [0.29, 0.717) is 13.0 Å². The highest BCUT2D eigenvalue weighted by Gasteiger charge is 2.52. The van der Waals surface area contributed by atoms with Crippen LogP contribution in [0.3, 0.4) is 0 Å². The number of hydrogen-bond acceptors (Lipinski definition) is 8. The number of carbonyl (C=O) groups is 6. The second-order valence-electron chi connectivity index (χ2n) is 15.6. The number of Topliss-reactive ketones (excluding diaryl/α,β-unsaturated/α-hetero) is 1. The third kappa shape index (κ3) is 10.1. The molecule has 0 spiro atoms. The van der Waals surface area contributed by atoms with Crippen LogP contribution in [0.25, 0.3) is 0 Å². The number of ketones is 1. The number of nitrogens with one attached hydrogen (secondary N) is 4. The van der Waals surface area contributed by atoms with Crippen molar-refractivity contribution in [1.29, 1.82) is 0 Å². The van der Waals surface area contributed by atoms with Crippen LogP contribution in [0.4, 0.5) is 0 Å². The molecule has 1 aromatic heterocycles. The summed E-state index contributed by atoms with van der Waals surface area (Å²) in [5.41, 5.74) is -0.593. The predicted octanol–water partition coefficient (Wildman–Crippen LogP) is 3.47.